The summed E-state index contributed by atoms with van der Waals surface area (Å²) in [6.45, 7) is 3.15. The highest BCUT2D eigenvalue weighted by Gasteiger charge is 2.26. The van der Waals surface area contributed by atoms with E-state index in [0.717, 1.165) is 6.54 Å². The quantitative estimate of drug-likeness (QED) is 0.847. The number of rotatable bonds is 4. The van der Waals surface area contributed by atoms with Crippen molar-refractivity contribution in [3.05, 3.63) is 24.3 Å². The van der Waals surface area contributed by atoms with Crippen LogP contribution in [0.5, 0.6) is 0 Å². The molecule has 4 heteroatoms. The Bertz CT molecular complexity index is 285. The van der Waals surface area contributed by atoms with Crippen molar-refractivity contribution < 1.29 is 0 Å². The molecule has 0 spiro atoms. The molecule has 3 nitrogen and oxygen atoms in total. The molecule has 0 radical (unpaired) electrons. The predicted molar refractivity (Wildman–Crippen MR) is 63.9 cm³/mol. The summed E-state index contributed by atoms with van der Waals surface area (Å²) in [6, 6.07) is 0.420. The van der Waals surface area contributed by atoms with E-state index < -0.39 is 0 Å². The van der Waals surface area contributed by atoms with Crippen molar-refractivity contribution in [1.82, 2.24) is 15.3 Å². The highest BCUT2D eigenvalue weighted by atomic mass is 32.2. The van der Waals surface area contributed by atoms with E-state index in [9.17, 15) is 0 Å². The summed E-state index contributed by atoms with van der Waals surface area (Å²) in [4.78, 5) is 8.20. The highest BCUT2D eigenvalue weighted by molar-refractivity contribution is 8.00. The van der Waals surface area contributed by atoms with E-state index in [1.54, 1.807) is 6.33 Å². The molecule has 1 aliphatic heterocycles. The van der Waals surface area contributed by atoms with Gasteiger partial charge in [0.15, 0.2) is 0 Å². The number of aromatic nitrogens is 2. The molecule has 0 saturated carbocycles. The first kappa shape index (κ1) is 10.9. The fourth-order valence-electron chi connectivity index (χ4n) is 2.02. The van der Waals surface area contributed by atoms with Gasteiger partial charge in [-0.25, -0.2) is 9.97 Å². The van der Waals surface area contributed by atoms with Crippen LogP contribution < -0.4 is 5.32 Å². The summed E-state index contributed by atoms with van der Waals surface area (Å²) in [5.41, 5.74) is 1.22. The molecule has 0 amide bonds. The topological polar surface area (TPSA) is 37.8 Å². The van der Waals surface area contributed by atoms with Gasteiger partial charge in [0.2, 0.25) is 0 Å². The molecule has 82 valence electrons. The van der Waals surface area contributed by atoms with Gasteiger partial charge in [0, 0.05) is 29.2 Å². The molecule has 15 heavy (non-hydrogen) atoms. The summed E-state index contributed by atoms with van der Waals surface area (Å²) in [5.74, 6) is 1.29. The van der Waals surface area contributed by atoms with Crippen molar-refractivity contribution in [3.63, 3.8) is 0 Å². The molecule has 1 aromatic rings. The Balaban J connectivity index is 2.11. The van der Waals surface area contributed by atoms with Gasteiger partial charge in [-0.3, -0.25) is 0 Å². The first-order chi connectivity index (χ1) is 7.42. The summed E-state index contributed by atoms with van der Waals surface area (Å²) in [7, 11) is 0. The van der Waals surface area contributed by atoms with E-state index in [0.29, 0.717) is 11.3 Å². The van der Waals surface area contributed by atoms with Crippen LogP contribution in [0.4, 0.5) is 0 Å². The molecule has 2 heterocycles. The highest BCUT2D eigenvalue weighted by Crippen LogP contribution is 2.35. The maximum Gasteiger partial charge on any atom is 0.115 e. The van der Waals surface area contributed by atoms with Crippen molar-refractivity contribution in [1.29, 1.82) is 0 Å². The van der Waals surface area contributed by atoms with Crippen LogP contribution in [0.1, 0.15) is 31.4 Å². The predicted octanol–water partition coefficient (Wildman–Crippen LogP) is 2.02. The lowest BCUT2D eigenvalue weighted by molar-refractivity contribution is 0.516. The molecule has 0 bridgehead atoms. The first-order valence-electron chi connectivity index (χ1n) is 5.51. The third-order valence-electron chi connectivity index (χ3n) is 2.70. The van der Waals surface area contributed by atoms with Gasteiger partial charge in [0.25, 0.3) is 0 Å². The average molecular weight is 223 g/mol. The van der Waals surface area contributed by atoms with Gasteiger partial charge >= 0.3 is 0 Å². The molecule has 1 N–H and O–H groups in total. The number of hydrogen-bond acceptors (Lipinski definition) is 4. The van der Waals surface area contributed by atoms with Gasteiger partial charge in [-0.05, 0) is 25.1 Å². The molecule has 1 aromatic heterocycles. The molecular weight excluding hydrogens is 206 g/mol. The van der Waals surface area contributed by atoms with Crippen LogP contribution >= 0.6 is 11.8 Å². The van der Waals surface area contributed by atoms with Crippen molar-refractivity contribution in [3.8, 4) is 0 Å². The van der Waals surface area contributed by atoms with Gasteiger partial charge < -0.3 is 5.32 Å². The lowest BCUT2D eigenvalue weighted by Gasteiger charge is -2.23. The lowest BCUT2D eigenvalue weighted by Crippen LogP contribution is -2.29. The zero-order valence-electron chi connectivity index (χ0n) is 9.02. The van der Waals surface area contributed by atoms with Gasteiger partial charge in [-0.15, -0.1) is 0 Å². The van der Waals surface area contributed by atoms with Gasteiger partial charge in [0.1, 0.15) is 6.33 Å². The molecular formula is C11H17N3S. The number of thioether (sulfide) groups is 1. The first-order valence-corrected chi connectivity index (χ1v) is 6.56. The van der Waals surface area contributed by atoms with E-state index in [2.05, 4.69) is 34.0 Å². The van der Waals surface area contributed by atoms with Crippen LogP contribution in [0.2, 0.25) is 0 Å². The SMILES string of the molecule is CCNC(c1cncnc1)C1CCCS1. The van der Waals surface area contributed by atoms with Crippen LogP contribution in [0.15, 0.2) is 18.7 Å². The summed E-state index contributed by atoms with van der Waals surface area (Å²) >= 11 is 2.07. The number of nitrogens with one attached hydrogen (secondary N) is 1. The molecule has 2 rings (SSSR count). The Morgan fingerprint density at radius 1 is 1.53 bits per heavy atom. The fraction of sp³-hybridized carbons (Fsp3) is 0.636. The smallest absolute Gasteiger partial charge is 0.115 e. The molecule has 0 aliphatic carbocycles. The van der Waals surface area contributed by atoms with Gasteiger partial charge in [-0.1, -0.05) is 6.92 Å². The van der Waals surface area contributed by atoms with E-state index >= 15 is 0 Å². The van der Waals surface area contributed by atoms with Crippen molar-refractivity contribution >= 4 is 11.8 Å². The van der Waals surface area contributed by atoms with Crippen LogP contribution in [-0.4, -0.2) is 27.5 Å². The summed E-state index contributed by atoms with van der Waals surface area (Å²) < 4.78 is 0. The van der Waals surface area contributed by atoms with Crippen LogP contribution in [0.3, 0.4) is 0 Å². The maximum atomic E-state index is 4.10. The molecule has 2 atom stereocenters. The van der Waals surface area contributed by atoms with E-state index in [1.807, 2.05) is 12.4 Å². The number of nitrogens with zero attached hydrogens (tertiary/aromatic N) is 2. The Hall–Kier alpha value is -0.610. The van der Waals surface area contributed by atoms with Gasteiger partial charge in [0.05, 0.1) is 0 Å². The van der Waals surface area contributed by atoms with Crippen molar-refractivity contribution in [2.24, 2.45) is 0 Å². The Kier molecular flexibility index (Phi) is 3.97. The minimum absolute atomic E-state index is 0.420. The molecule has 1 fully saturated rings. The zero-order valence-corrected chi connectivity index (χ0v) is 9.83. The number of hydrogen-bond donors (Lipinski definition) is 1. The molecule has 1 aliphatic rings. The maximum absolute atomic E-state index is 4.10. The Morgan fingerprint density at radius 3 is 2.93 bits per heavy atom. The van der Waals surface area contributed by atoms with E-state index in [1.165, 1.54) is 24.2 Å². The molecule has 1 saturated heterocycles. The van der Waals surface area contributed by atoms with Crippen LogP contribution in [-0.2, 0) is 0 Å². The second-order valence-electron chi connectivity index (χ2n) is 3.76. The molecule has 0 aromatic carbocycles. The lowest BCUT2D eigenvalue weighted by atomic mass is 10.0. The second-order valence-corrected chi connectivity index (χ2v) is 5.11. The Labute approximate surface area is 95.1 Å². The summed E-state index contributed by atoms with van der Waals surface area (Å²) in [5, 5.41) is 4.23. The third-order valence-corrected chi connectivity index (χ3v) is 4.16. The van der Waals surface area contributed by atoms with E-state index in [-0.39, 0.29) is 0 Å². The second kappa shape index (κ2) is 5.47. The van der Waals surface area contributed by atoms with E-state index in [4.69, 9.17) is 0 Å². The standard InChI is InChI=1S/C11H17N3S/c1-2-14-11(10-4-3-5-15-10)9-6-12-8-13-7-9/h6-8,10-11,14H,2-5H2,1H3. The minimum atomic E-state index is 0.420. The average Bonchev–Trinajstić information content (AvgIpc) is 2.80. The van der Waals surface area contributed by atoms with Crippen molar-refractivity contribution in [2.75, 3.05) is 12.3 Å². The fourth-order valence-corrected chi connectivity index (χ4v) is 3.44. The van der Waals surface area contributed by atoms with Gasteiger partial charge in [-0.2, -0.15) is 11.8 Å². The van der Waals surface area contributed by atoms with Crippen molar-refractivity contribution in [2.45, 2.75) is 31.1 Å². The summed E-state index contributed by atoms with van der Waals surface area (Å²) in [6.07, 6.45) is 8.09. The monoisotopic (exact) mass is 223 g/mol. The largest absolute Gasteiger partial charge is 0.309 e. The normalized spacial score (nSPS) is 22.9. The zero-order chi connectivity index (χ0) is 10.5. The van der Waals surface area contributed by atoms with Crippen LogP contribution in [0, 0.1) is 0 Å². The minimum Gasteiger partial charge on any atom is -0.309 e. The molecule has 2 unspecified atom stereocenters. The van der Waals surface area contributed by atoms with Crippen LogP contribution in [0.25, 0.3) is 0 Å². The third kappa shape index (κ3) is 2.69. The Morgan fingerprint density at radius 2 is 2.33 bits per heavy atom.